The predicted molar refractivity (Wildman–Crippen MR) is 72.7 cm³/mol. The lowest BCUT2D eigenvalue weighted by Crippen LogP contribution is -2.49. The van der Waals surface area contributed by atoms with Gasteiger partial charge in [0.15, 0.2) is 0 Å². The van der Waals surface area contributed by atoms with E-state index >= 15 is 0 Å². The largest absolute Gasteiger partial charge is 0.480 e. The van der Waals surface area contributed by atoms with Gasteiger partial charge in [-0.3, -0.25) is 9.00 Å². The predicted octanol–water partition coefficient (Wildman–Crippen LogP) is -0.541. The Morgan fingerprint density at radius 2 is 1.90 bits per heavy atom. The molecule has 2 unspecified atom stereocenters. The summed E-state index contributed by atoms with van der Waals surface area (Å²) in [6, 6.07) is -2.31. The molecule has 0 aromatic rings. The number of carbonyl (C=O) groups is 3. The summed E-state index contributed by atoms with van der Waals surface area (Å²) in [5, 5.41) is 13.6. The molecule has 116 valence electrons. The van der Waals surface area contributed by atoms with E-state index in [2.05, 4.69) is 15.4 Å². The van der Waals surface area contributed by atoms with Crippen LogP contribution in [-0.4, -0.2) is 58.5 Å². The van der Waals surface area contributed by atoms with E-state index in [0.29, 0.717) is 12.2 Å². The van der Waals surface area contributed by atoms with Crippen molar-refractivity contribution in [1.82, 2.24) is 10.6 Å². The zero-order valence-corrected chi connectivity index (χ0v) is 12.5. The van der Waals surface area contributed by atoms with Crippen LogP contribution in [0.2, 0.25) is 0 Å². The average Bonchev–Trinajstić information content (AvgIpc) is 2.35. The van der Waals surface area contributed by atoms with Crippen LogP contribution >= 0.6 is 0 Å². The Morgan fingerprint density at radius 1 is 1.30 bits per heavy atom. The Kier molecular flexibility index (Phi) is 8.53. The molecule has 0 aliphatic carbocycles. The summed E-state index contributed by atoms with van der Waals surface area (Å²) < 4.78 is 15.3. The van der Waals surface area contributed by atoms with Crippen LogP contribution < -0.4 is 10.6 Å². The highest BCUT2D eigenvalue weighted by atomic mass is 32.2. The first kappa shape index (κ1) is 18.4. The third-order valence-corrected chi connectivity index (χ3v) is 3.23. The number of ether oxygens (including phenoxy) is 1. The lowest BCUT2D eigenvalue weighted by atomic mass is 10.2. The Morgan fingerprint density at radius 3 is 2.35 bits per heavy atom. The standard InChI is InChI=1S/C11H20N2O6S/c1-7(4-5-20(3)18)12-11(17)13-8(10(15)16)6-9(14)19-2/h7-8H,4-6H2,1-3H3,(H,15,16)(H2,12,13,17)/t7?,8-,20?/m0/s1. The zero-order valence-electron chi connectivity index (χ0n) is 11.7. The van der Waals surface area contributed by atoms with Gasteiger partial charge in [-0.2, -0.15) is 0 Å². The number of esters is 1. The van der Waals surface area contributed by atoms with Gasteiger partial charge in [-0.05, 0) is 13.3 Å². The lowest BCUT2D eigenvalue weighted by molar-refractivity contribution is -0.147. The van der Waals surface area contributed by atoms with Crippen molar-refractivity contribution < 1.29 is 28.4 Å². The fourth-order valence-electron chi connectivity index (χ4n) is 1.29. The first-order valence-corrected chi connectivity index (χ1v) is 7.65. The first-order chi connectivity index (χ1) is 9.26. The van der Waals surface area contributed by atoms with Crippen LogP contribution in [0.1, 0.15) is 19.8 Å². The van der Waals surface area contributed by atoms with Crippen LogP contribution in [0.15, 0.2) is 0 Å². The van der Waals surface area contributed by atoms with Gasteiger partial charge in [-0.15, -0.1) is 0 Å². The summed E-state index contributed by atoms with van der Waals surface area (Å²) >= 11 is 0. The van der Waals surface area contributed by atoms with Crippen LogP contribution in [0.5, 0.6) is 0 Å². The number of methoxy groups -OCH3 is 1. The van der Waals surface area contributed by atoms with Gasteiger partial charge in [0.25, 0.3) is 0 Å². The van der Waals surface area contributed by atoms with E-state index in [4.69, 9.17) is 5.11 Å². The quantitative estimate of drug-likeness (QED) is 0.518. The number of aliphatic carboxylic acids is 1. The Bertz CT molecular complexity index is 387. The van der Waals surface area contributed by atoms with Crippen LogP contribution in [0, 0.1) is 0 Å². The Balaban J connectivity index is 4.28. The number of carboxylic acid groups (broad SMARTS) is 1. The molecule has 20 heavy (non-hydrogen) atoms. The molecule has 0 aliphatic heterocycles. The third-order valence-electron chi connectivity index (χ3n) is 2.42. The van der Waals surface area contributed by atoms with Gasteiger partial charge in [0.05, 0.1) is 13.5 Å². The molecule has 0 bridgehead atoms. The molecule has 0 aromatic heterocycles. The normalized spacial score (nSPS) is 14.8. The molecular weight excluding hydrogens is 288 g/mol. The second-order valence-corrected chi connectivity index (χ2v) is 5.81. The molecule has 0 aliphatic rings. The summed E-state index contributed by atoms with van der Waals surface area (Å²) in [6.45, 7) is 1.71. The summed E-state index contributed by atoms with van der Waals surface area (Å²) in [7, 11) is 0.178. The number of carbonyl (C=O) groups excluding carboxylic acids is 2. The third kappa shape index (κ3) is 8.46. The van der Waals surface area contributed by atoms with Crippen molar-refractivity contribution in [2.75, 3.05) is 19.1 Å². The SMILES string of the molecule is COC(=O)C[C@H](NC(=O)NC(C)CCS(C)=O)C(=O)O. The van der Waals surface area contributed by atoms with E-state index in [1.165, 1.54) is 0 Å². The number of hydrogen-bond acceptors (Lipinski definition) is 5. The maximum atomic E-state index is 11.6. The van der Waals surface area contributed by atoms with E-state index < -0.39 is 41.2 Å². The number of carboxylic acids is 1. The van der Waals surface area contributed by atoms with Gasteiger partial charge in [-0.1, -0.05) is 0 Å². The lowest BCUT2D eigenvalue weighted by Gasteiger charge is -2.17. The van der Waals surface area contributed by atoms with Gasteiger partial charge >= 0.3 is 18.0 Å². The van der Waals surface area contributed by atoms with Crippen molar-refractivity contribution in [3.63, 3.8) is 0 Å². The molecule has 0 rings (SSSR count). The van der Waals surface area contributed by atoms with Crippen molar-refractivity contribution in [1.29, 1.82) is 0 Å². The minimum Gasteiger partial charge on any atom is -0.480 e. The molecular formula is C11H20N2O6S. The molecule has 3 atom stereocenters. The summed E-state index contributed by atoms with van der Waals surface area (Å²) in [5.74, 6) is -1.62. The van der Waals surface area contributed by atoms with E-state index in [1.54, 1.807) is 13.2 Å². The number of rotatable bonds is 8. The number of urea groups is 1. The highest BCUT2D eigenvalue weighted by molar-refractivity contribution is 7.84. The molecule has 2 amide bonds. The minimum atomic E-state index is -1.35. The number of amides is 2. The smallest absolute Gasteiger partial charge is 0.326 e. The second-order valence-electron chi connectivity index (χ2n) is 4.26. The summed E-state index contributed by atoms with van der Waals surface area (Å²) in [5.41, 5.74) is 0. The molecule has 0 radical (unpaired) electrons. The molecule has 0 heterocycles. The highest BCUT2D eigenvalue weighted by Gasteiger charge is 2.24. The van der Waals surface area contributed by atoms with E-state index in [-0.39, 0.29) is 6.04 Å². The van der Waals surface area contributed by atoms with Crippen molar-refractivity contribution in [3.8, 4) is 0 Å². The summed E-state index contributed by atoms with van der Waals surface area (Å²) in [6.07, 6.45) is 1.61. The van der Waals surface area contributed by atoms with Gasteiger partial charge in [-0.25, -0.2) is 9.59 Å². The molecule has 0 saturated carbocycles. The number of nitrogens with one attached hydrogen (secondary N) is 2. The zero-order chi connectivity index (χ0) is 15.7. The van der Waals surface area contributed by atoms with Crippen molar-refractivity contribution in [3.05, 3.63) is 0 Å². The summed E-state index contributed by atoms with van der Waals surface area (Å²) in [4.78, 5) is 33.5. The van der Waals surface area contributed by atoms with Gasteiger partial charge in [0, 0.05) is 28.9 Å². The van der Waals surface area contributed by atoms with Crippen LogP contribution in [0.4, 0.5) is 4.79 Å². The molecule has 0 saturated heterocycles. The van der Waals surface area contributed by atoms with Crippen molar-refractivity contribution in [2.24, 2.45) is 0 Å². The molecule has 0 fully saturated rings. The van der Waals surface area contributed by atoms with E-state index in [0.717, 1.165) is 7.11 Å². The van der Waals surface area contributed by atoms with E-state index in [1.807, 2.05) is 0 Å². The van der Waals surface area contributed by atoms with Crippen molar-refractivity contribution >= 4 is 28.8 Å². The van der Waals surface area contributed by atoms with Crippen LogP contribution in [0.3, 0.4) is 0 Å². The van der Waals surface area contributed by atoms with Gasteiger partial charge in [0.2, 0.25) is 0 Å². The minimum absolute atomic E-state index is 0.258. The molecule has 3 N–H and O–H groups in total. The van der Waals surface area contributed by atoms with Gasteiger partial charge in [0.1, 0.15) is 6.04 Å². The van der Waals surface area contributed by atoms with Gasteiger partial charge < -0.3 is 20.5 Å². The topological polar surface area (TPSA) is 122 Å². The monoisotopic (exact) mass is 308 g/mol. The second kappa shape index (κ2) is 9.29. The van der Waals surface area contributed by atoms with Crippen LogP contribution in [-0.2, 0) is 25.1 Å². The van der Waals surface area contributed by atoms with Crippen molar-refractivity contribution in [2.45, 2.75) is 31.8 Å². The number of hydrogen-bond donors (Lipinski definition) is 3. The van der Waals surface area contributed by atoms with E-state index in [9.17, 15) is 18.6 Å². The Hall–Kier alpha value is -1.64. The fraction of sp³-hybridized carbons (Fsp3) is 0.727. The highest BCUT2D eigenvalue weighted by Crippen LogP contribution is 1.97. The molecule has 9 heteroatoms. The Labute approximate surface area is 119 Å². The molecule has 0 aromatic carbocycles. The first-order valence-electron chi connectivity index (χ1n) is 5.93. The molecule has 8 nitrogen and oxygen atoms in total. The fourth-order valence-corrected chi connectivity index (χ4v) is 1.97. The average molecular weight is 308 g/mol. The van der Waals surface area contributed by atoms with Crippen LogP contribution in [0.25, 0.3) is 0 Å². The maximum Gasteiger partial charge on any atom is 0.326 e. The molecule has 0 spiro atoms. The maximum absolute atomic E-state index is 11.6.